The zero-order valence-electron chi connectivity index (χ0n) is 10.1. The van der Waals surface area contributed by atoms with Crippen LogP contribution in [0, 0.1) is 6.92 Å². The summed E-state index contributed by atoms with van der Waals surface area (Å²) in [6, 6.07) is 6.90. The standard InChI is InChI=1S/C13H11Cl2N3O/c1-8-7-12(18-17-8)16-13(19)6-5-9-10(14)3-2-4-11(9)15/h2-7H,1H3,(H2,16,17,18,19)/b6-5+. The van der Waals surface area contributed by atoms with Gasteiger partial charge in [0.15, 0.2) is 5.82 Å². The molecule has 4 nitrogen and oxygen atoms in total. The van der Waals surface area contributed by atoms with Crippen molar-refractivity contribution in [2.75, 3.05) is 5.32 Å². The van der Waals surface area contributed by atoms with Crippen molar-refractivity contribution in [3.63, 3.8) is 0 Å². The molecule has 1 amide bonds. The number of hydrogen-bond donors (Lipinski definition) is 2. The summed E-state index contributed by atoms with van der Waals surface area (Å²) in [5.74, 6) is 0.167. The van der Waals surface area contributed by atoms with Crippen molar-refractivity contribution in [1.29, 1.82) is 0 Å². The first-order chi connectivity index (χ1) is 9.06. The molecule has 2 aromatic rings. The summed E-state index contributed by atoms with van der Waals surface area (Å²) >= 11 is 12.0. The van der Waals surface area contributed by atoms with E-state index in [2.05, 4.69) is 15.5 Å². The lowest BCUT2D eigenvalue weighted by Gasteiger charge is -2.00. The zero-order valence-corrected chi connectivity index (χ0v) is 11.6. The number of anilines is 1. The molecule has 2 N–H and O–H groups in total. The van der Waals surface area contributed by atoms with Gasteiger partial charge in [-0.3, -0.25) is 9.89 Å². The second kappa shape index (κ2) is 5.91. The van der Waals surface area contributed by atoms with Gasteiger partial charge in [0.05, 0.1) is 0 Å². The van der Waals surface area contributed by atoms with Gasteiger partial charge in [0.25, 0.3) is 0 Å². The molecule has 0 saturated carbocycles. The average molecular weight is 296 g/mol. The summed E-state index contributed by atoms with van der Waals surface area (Å²) in [6.45, 7) is 1.85. The van der Waals surface area contributed by atoms with Gasteiger partial charge in [0.1, 0.15) is 0 Å². The second-order valence-corrected chi connectivity index (χ2v) is 4.71. The summed E-state index contributed by atoms with van der Waals surface area (Å²) in [7, 11) is 0. The molecule has 0 fully saturated rings. The third kappa shape index (κ3) is 3.59. The number of aryl methyl sites for hydroxylation is 1. The molecule has 0 radical (unpaired) electrons. The quantitative estimate of drug-likeness (QED) is 0.849. The minimum Gasteiger partial charge on any atom is -0.306 e. The lowest BCUT2D eigenvalue weighted by atomic mass is 10.2. The molecule has 0 saturated heterocycles. The molecule has 0 unspecified atom stereocenters. The topological polar surface area (TPSA) is 57.8 Å². The zero-order chi connectivity index (χ0) is 13.8. The third-order valence-electron chi connectivity index (χ3n) is 2.36. The van der Waals surface area contributed by atoms with Gasteiger partial charge in [-0.25, -0.2) is 0 Å². The first kappa shape index (κ1) is 13.6. The van der Waals surface area contributed by atoms with Crippen molar-refractivity contribution in [3.05, 3.63) is 51.6 Å². The summed E-state index contributed by atoms with van der Waals surface area (Å²) in [5, 5.41) is 10.2. The van der Waals surface area contributed by atoms with Crippen LogP contribution in [0.5, 0.6) is 0 Å². The molecule has 1 aromatic heterocycles. The molecule has 0 aliphatic heterocycles. The van der Waals surface area contributed by atoms with Gasteiger partial charge in [0.2, 0.25) is 5.91 Å². The summed E-state index contributed by atoms with van der Waals surface area (Å²) in [4.78, 5) is 11.7. The van der Waals surface area contributed by atoms with E-state index in [1.165, 1.54) is 6.08 Å². The number of halogens is 2. The number of aromatic nitrogens is 2. The molecule has 1 aromatic carbocycles. The minimum absolute atomic E-state index is 0.303. The van der Waals surface area contributed by atoms with Gasteiger partial charge >= 0.3 is 0 Å². The highest BCUT2D eigenvalue weighted by Gasteiger charge is 2.04. The number of amides is 1. The van der Waals surface area contributed by atoms with E-state index in [9.17, 15) is 4.79 Å². The molecule has 0 spiro atoms. The van der Waals surface area contributed by atoms with Crippen LogP contribution in [0.3, 0.4) is 0 Å². The maximum absolute atomic E-state index is 11.7. The van der Waals surface area contributed by atoms with E-state index in [4.69, 9.17) is 23.2 Å². The number of nitrogens with zero attached hydrogens (tertiary/aromatic N) is 1. The van der Waals surface area contributed by atoms with Crippen molar-refractivity contribution in [2.24, 2.45) is 0 Å². The SMILES string of the molecule is Cc1cc(NC(=O)/C=C/c2c(Cl)cccc2Cl)n[nH]1. The van der Waals surface area contributed by atoms with Crippen molar-refractivity contribution in [1.82, 2.24) is 10.2 Å². The fourth-order valence-electron chi connectivity index (χ4n) is 1.48. The normalized spacial score (nSPS) is 10.9. The van der Waals surface area contributed by atoms with Crippen LogP contribution >= 0.6 is 23.2 Å². The molecular formula is C13H11Cl2N3O. The Labute approximate surface area is 120 Å². The van der Waals surface area contributed by atoms with Crippen LogP contribution in [0.4, 0.5) is 5.82 Å². The molecule has 1 heterocycles. The van der Waals surface area contributed by atoms with Crippen molar-refractivity contribution < 1.29 is 4.79 Å². The predicted octanol–water partition coefficient (Wildman–Crippen LogP) is 3.68. The van der Waals surface area contributed by atoms with Gasteiger partial charge in [-0.05, 0) is 25.1 Å². The van der Waals surface area contributed by atoms with Gasteiger partial charge in [0, 0.05) is 33.4 Å². The molecule has 0 aliphatic carbocycles. The van der Waals surface area contributed by atoms with Crippen LogP contribution in [-0.2, 0) is 4.79 Å². The number of carbonyl (C=O) groups excluding carboxylic acids is 1. The van der Waals surface area contributed by atoms with E-state index in [-0.39, 0.29) is 5.91 Å². The van der Waals surface area contributed by atoms with E-state index in [0.29, 0.717) is 21.4 Å². The predicted molar refractivity (Wildman–Crippen MR) is 77.5 cm³/mol. The average Bonchev–Trinajstić information content (AvgIpc) is 2.74. The van der Waals surface area contributed by atoms with E-state index in [1.807, 2.05) is 6.92 Å². The van der Waals surface area contributed by atoms with Crippen molar-refractivity contribution in [3.8, 4) is 0 Å². The molecule has 2 rings (SSSR count). The molecule has 98 valence electrons. The lowest BCUT2D eigenvalue weighted by Crippen LogP contribution is -2.07. The number of carbonyl (C=O) groups is 1. The van der Waals surface area contributed by atoms with Crippen LogP contribution in [0.15, 0.2) is 30.3 Å². The van der Waals surface area contributed by atoms with Crippen LogP contribution in [-0.4, -0.2) is 16.1 Å². The van der Waals surface area contributed by atoms with E-state index >= 15 is 0 Å². The van der Waals surface area contributed by atoms with Crippen LogP contribution in [0.1, 0.15) is 11.3 Å². The highest BCUT2D eigenvalue weighted by Crippen LogP contribution is 2.25. The Hall–Kier alpha value is -1.78. The number of benzene rings is 1. The fraction of sp³-hybridized carbons (Fsp3) is 0.0769. The van der Waals surface area contributed by atoms with Gasteiger partial charge < -0.3 is 5.32 Å². The Morgan fingerprint density at radius 2 is 2.05 bits per heavy atom. The molecule has 0 aliphatic rings. The number of hydrogen-bond acceptors (Lipinski definition) is 2. The monoisotopic (exact) mass is 295 g/mol. The highest BCUT2D eigenvalue weighted by molar-refractivity contribution is 6.37. The minimum atomic E-state index is -0.303. The van der Waals surface area contributed by atoms with Crippen LogP contribution in [0.25, 0.3) is 6.08 Å². The van der Waals surface area contributed by atoms with E-state index in [0.717, 1.165) is 5.69 Å². The van der Waals surface area contributed by atoms with Crippen LogP contribution < -0.4 is 5.32 Å². The Balaban J connectivity index is 2.08. The van der Waals surface area contributed by atoms with Crippen molar-refractivity contribution in [2.45, 2.75) is 6.92 Å². The molecular weight excluding hydrogens is 285 g/mol. The first-order valence-corrected chi connectivity index (χ1v) is 6.27. The third-order valence-corrected chi connectivity index (χ3v) is 3.02. The first-order valence-electron chi connectivity index (χ1n) is 5.51. The van der Waals surface area contributed by atoms with Crippen LogP contribution in [0.2, 0.25) is 10.0 Å². The number of aromatic amines is 1. The van der Waals surface area contributed by atoms with Gasteiger partial charge in [-0.1, -0.05) is 29.3 Å². The van der Waals surface area contributed by atoms with Gasteiger partial charge in [-0.15, -0.1) is 0 Å². The molecule has 0 atom stereocenters. The van der Waals surface area contributed by atoms with Gasteiger partial charge in [-0.2, -0.15) is 5.10 Å². The number of nitrogens with one attached hydrogen (secondary N) is 2. The highest BCUT2D eigenvalue weighted by atomic mass is 35.5. The molecule has 19 heavy (non-hydrogen) atoms. The Morgan fingerprint density at radius 1 is 1.37 bits per heavy atom. The largest absolute Gasteiger partial charge is 0.306 e. The lowest BCUT2D eigenvalue weighted by molar-refractivity contribution is -0.111. The molecule has 6 heteroatoms. The van der Waals surface area contributed by atoms with E-state index in [1.54, 1.807) is 30.3 Å². The summed E-state index contributed by atoms with van der Waals surface area (Å²) in [5.41, 5.74) is 1.48. The van der Waals surface area contributed by atoms with Crippen molar-refractivity contribution >= 4 is 41.0 Å². The maximum atomic E-state index is 11.7. The summed E-state index contributed by atoms with van der Waals surface area (Å²) in [6.07, 6.45) is 2.93. The maximum Gasteiger partial charge on any atom is 0.249 e. The Kier molecular flexibility index (Phi) is 4.24. The fourth-order valence-corrected chi connectivity index (χ4v) is 2.00. The number of H-pyrrole nitrogens is 1. The molecule has 0 bridgehead atoms. The summed E-state index contributed by atoms with van der Waals surface area (Å²) < 4.78 is 0. The van der Waals surface area contributed by atoms with E-state index < -0.39 is 0 Å². The Bertz CT molecular complexity index is 614. The number of rotatable bonds is 3. The smallest absolute Gasteiger partial charge is 0.249 e. The second-order valence-electron chi connectivity index (χ2n) is 3.89. The Morgan fingerprint density at radius 3 is 2.63 bits per heavy atom.